The first-order chi connectivity index (χ1) is 8.30. The summed E-state index contributed by atoms with van der Waals surface area (Å²) in [5, 5.41) is 8.69. The molecule has 0 bridgehead atoms. The van der Waals surface area contributed by atoms with E-state index < -0.39 is 29.5 Å². The number of alkyl halides is 3. The van der Waals surface area contributed by atoms with Crippen LogP contribution >= 0.6 is 0 Å². The molecule has 0 aliphatic carbocycles. The fourth-order valence-electron chi connectivity index (χ4n) is 1.11. The van der Waals surface area contributed by atoms with E-state index in [4.69, 9.17) is 11.0 Å². The zero-order valence-electron chi connectivity index (χ0n) is 8.91. The first kappa shape index (κ1) is 13.6. The molecule has 2 N–H and O–H groups in total. The molecule has 0 spiro atoms. The van der Waals surface area contributed by atoms with E-state index in [9.17, 15) is 18.0 Å². The van der Waals surface area contributed by atoms with Gasteiger partial charge in [-0.15, -0.1) is 13.2 Å². The predicted octanol–water partition coefficient (Wildman–Crippen LogP) is 1.22. The zero-order valence-corrected chi connectivity index (χ0v) is 8.91. The molecule has 0 aliphatic rings. The zero-order chi connectivity index (χ0) is 13.9. The van der Waals surface area contributed by atoms with Gasteiger partial charge in [0.2, 0.25) is 5.88 Å². The highest BCUT2D eigenvalue weighted by Gasteiger charge is 2.34. The van der Waals surface area contributed by atoms with Crippen molar-refractivity contribution in [3.8, 4) is 11.9 Å². The van der Waals surface area contributed by atoms with Gasteiger partial charge < -0.3 is 15.2 Å². The lowest BCUT2D eigenvalue weighted by atomic mass is 10.1. The number of carbonyl (C=O) groups is 1. The number of hydrogen-bond donors (Lipinski definition) is 1. The molecular formula is C9H6F3N3O3. The topological polar surface area (TPSA) is 98.2 Å². The van der Waals surface area contributed by atoms with Crippen LogP contribution in [-0.4, -0.2) is 24.4 Å². The number of rotatable bonds is 2. The standard InChI is InChI=1S/C9H6F3N3O3/c1-17-8(16)5-4(2-13)3-15-7(6(5)14)18-9(10,11)12/h3H,14H2,1H3. The van der Waals surface area contributed by atoms with Gasteiger partial charge in [0.05, 0.1) is 12.7 Å². The molecule has 0 unspecified atom stereocenters. The van der Waals surface area contributed by atoms with Crippen LogP contribution in [0.15, 0.2) is 6.20 Å². The molecule has 0 aliphatic heterocycles. The van der Waals surface area contributed by atoms with Gasteiger partial charge in [-0.2, -0.15) is 5.26 Å². The van der Waals surface area contributed by atoms with Crippen molar-refractivity contribution >= 4 is 11.7 Å². The number of hydrogen-bond acceptors (Lipinski definition) is 6. The van der Waals surface area contributed by atoms with Crippen molar-refractivity contribution < 1.29 is 27.4 Å². The maximum absolute atomic E-state index is 12.0. The summed E-state index contributed by atoms with van der Waals surface area (Å²) < 4.78 is 43.9. The molecular weight excluding hydrogens is 255 g/mol. The van der Waals surface area contributed by atoms with E-state index >= 15 is 0 Å². The van der Waals surface area contributed by atoms with Crippen LogP contribution in [0.4, 0.5) is 18.9 Å². The Labute approximate surface area is 98.7 Å². The molecule has 96 valence electrons. The van der Waals surface area contributed by atoms with Gasteiger partial charge in [-0.3, -0.25) is 0 Å². The summed E-state index contributed by atoms with van der Waals surface area (Å²) >= 11 is 0. The van der Waals surface area contributed by atoms with Gasteiger partial charge in [-0.1, -0.05) is 0 Å². The van der Waals surface area contributed by atoms with Crippen LogP contribution in [0.2, 0.25) is 0 Å². The summed E-state index contributed by atoms with van der Waals surface area (Å²) in [6, 6.07) is 1.56. The Hall–Kier alpha value is -2.50. The van der Waals surface area contributed by atoms with Crippen LogP contribution in [0.1, 0.15) is 15.9 Å². The lowest BCUT2D eigenvalue weighted by Gasteiger charge is -2.12. The Kier molecular flexibility index (Phi) is 3.61. The number of esters is 1. The number of carbonyl (C=O) groups excluding carboxylic acids is 1. The minimum atomic E-state index is -5.01. The number of nitrogens with two attached hydrogens (primary N) is 1. The fraction of sp³-hybridized carbons (Fsp3) is 0.222. The van der Waals surface area contributed by atoms with Crippen molar-refractivity contribution in [3.05, 3.63) is 17.3 Å². The monoisotopic (exact) mass is 261 g/mol. The second kappa shape index (κ2) is 4.79. The van der Waals surface area contributed by atoms with Crippen LogP contribution in [0.5, 0.6) is 5.88 Å². The fourth-order valence-corrected chi connectivity index (χ4v) is 1.11. The molecule has 1 aromatic heterocycles. The number of methoxy groups -OCH3 is 1. The summed E-state index contributed by atoms with van der Waals surface area (Å²) in [4.78, 5) is 14.5. The minimum absolute atomic E-state index is 0.311. The van der Waals surface area contributed by atoms with E-state index in [1.54, 1.807) is 6.07 Å². The lowest BCUT2D eigenvalue weighted by Crippen LogP contribution is -2.20. The lowest BCUT2D eigenvalue weighted by molar-refractivity contribution is -0.275. The third-order valence-electron chi connectivity index (χ3n) is 1.80. The van der Waals surface area contributed by atoms with Crippen LogP contribution < -0.4 is 10.5 Å². The molecule has 1 heterocycles. The van der Waals surface area contributed by atoms with Crippen LogP contribution in [0.25, 0.3) is 0 Å². The summed E-state index contributed by atoms with van der Waals surface area (Å²) in [5.74, 6) is -2.07. The number of aromatic nitrogens is 1. The van der Waals surface area contributed by atoms with Crippen LogP contribution in [0.3, 0.4) is 0 Å². The maximum Gasteiger partial charge on any atom is 0.574 e. The second-order valence-electron chi connectivity index (χ2n) is 2.92. The molecule has 0 saturated heterocycles. The summed E-state index contributed by atoms with van der Waals surface area (Å²) in [7, 11) is 0.994. The third kappa shape index (κ3) is 2.79. The normalized spacial score (nSPS) is 10.6. The number of nitrogens with zero attached hydrogens (tertiary/aromatic N) is 2. The molecule has 0 radical (unpaired) electrons. The van der Waals surface area contributed by atoms with Crippen molar-refractivity contribution in [1.82, 2.24) is 4.98 Å². The number of nitrogen functional groups attached to an aromatic ring is 1. The third-order valence-corrected chi connectivity index (χ3v) is 1.80. The van der Waals surface area contributed by atoms with Crippen LogP contribution in [0, 0.1) is 11.3 Å². The second-order valence-corrected chi connectivity index (χ2v) is 2.92. The maximum atomic E-state index is 12.0. The number of ether oxygens (including phenoxy) is 2. The van der Waals surface area contributed by atoms with Crippen molar-refractivity contribution in [2.24, 2.45) is 0 Å². The van der Waals surface area contributed by atoms with E-state index in [2.05, 4.69) is 14.5 Å². The number of anilines is 1. The molecule has 18 heavy (non-hydrogen) atoms. The van der Waals surface area contributed by atoms with Gasteiger partial charge in [-0.25, -0.2) is 9.78 Å². The van der Waals surface area contributed by atoms with E-state index in [-0.39, 0.29) is 5.56 Å². The van der Waals surface area contributed by atoms with Gasteiger partial charge in [0, 0.05) is 6.20 Å². The van der Waals surface area contributed by atoms with E-state index in [1.807, 2.05) is 0 Å². The van der Waals surface area contributed by atoms with Crippen LogP contribution in [-0.2, 0) is 4.74 Å². The smallest absolute Gasteiger partial charge is 0.465 e. The largest absolute Gasteiger partial charge is 0.574 e. The minimum Gasteiger partial charge on any atom is -0.465 e. The average Bonchev–Trinajstić information content (AvgIpc) is 2.29. The van der Waals surface area contributed by atoms with Crippen molar-refractivity contribution in [1.29, 1.82) is 5.26 Å². The average molecular weight is 261 g/mol. The first-order valence-corrected chi connectivity index (χ1v) is 4.32. The molecule has 6 nitrogen and oxygen atoms in total. The molecule has 0 saturated carbocycles. The molecule has 1 aromatic rings. The first-order valence-electron chi connectivity index (χ1n) is 4.32. The van der Waals surface area contributed by atoms with Gasteiger partial charge in [0.1, 0.15) is 17.3 Å². The molecule has 0 amide bonds. The van der Waals surface area contributed by atoms with Gasteiger partial charge in [-0.05, 0) is 0 Å². The van der Waals surface area contributed by atoms with E-state index in [1.165, 1.54) is 0 Å². The van der Waals surface area contributed by atoms with E-state index in [0.29, 0.717) is 0 Å². The van der Waals surface area contributed by atoms with Crippen molar-refractivity contribution in [2.45, 2.75) is 6.36 Å². The molecule has 0 atom stereocenters. The Bertz CT molecular complexity index is 522. The summed E-state index contributed by atoms with van der Waals surface area (Å²) in [6.45, 7) is 0. The number of nitriles is 1. The quantitative estimate of drug-likeness (QED) is 0.803. The SMILES string of the molecule is COC(=O)c1c(C#N)cnc(OC(F)(F)F)c1N. The summed E-state index contributed by atoms with van der Waals surface area (Å²) in [6.07, 6.45) is -4.27. The molecule has 0 aromatic carbocycles. The molecule has 9 heteroatoms. The van der Waals surface area contributed by atoms with Gasteiger partial charge in [0.25, 0.3) is 0 Å². The van der Waals surface area contributed by atoms with Crippen molar-refractivity contribution in [2.75, 3.05) is 12.8 Å². The molecule has 1 rings (SSSR count). The van der Waals surface area contributed by atoms with Gasteiger partial charge >= 0.3 is 12.3 Å². The predicted molar refractivity (Wildman–Crippen MR) is 51.4 cm³/mol. The number of pyridine rings is 1. The highest BCUT2D eigenvalue weighted by Crippen LogP contribution is 2.30. The van der Waals surface area contributed by atoms with E-state index in [0.717, 1.165) is 13.3 Å². The Morgan fingerprint density at radius 3 is 2.61 bits per heavy atom. The van der Waals surface area contributed by atoms with Crippen molar-refractivity contribution in [3.63, 3.8) is 0 Å². The Morgan fingerprint density at radius 1 is 1.56 bits per heavy atom. The summed E-state index contributed by atoms with van der Waals surface area (Å²) in [5.41, 5.74) is 3.76. The highest BCUT2D eigenvalue weighted by molar-refractivity contribution is 5.98. The molecule has 0 fully saturated rings. The number of halogens is 3. The highest BCUT2D eigenvalue weighted by atomic mass is 19.4. The Balaban J connectivity index is 3.35. The van der Waals surface area contributed by atoms with Gasteiger partial charge in [0.15, 0.2) is 0 Å². The Morgan fingerprint density at radius 2 is 2.17 bits per heavy atom.